The molecule has 0 fully saturated rings. The van der Waals surface area contributed by atoms with Gasteiger partial charge in [-0.15, -0.1) is 0 Å². The minimum absolute atomic E-state index is 0.0932. The molecule has 0 aliphatic rings. The van der Waals surface area contributed by atoms with E-state index in [9.17, 15) is 24.6 Å². The lowest BCUT2D eigenvalue weighted by atomic mass is 10.0. The largest absolute Gasteiger partial charge is 0.480 e. The number of hydrogen-bond donors (Lipinski definition) is 4. The van der Waals surface area contributed by atoms with E-state index in [1.165, 1.54) is 0 Å². The van der Waals surface area contributed by atoms with Crippen LogP contribution in [-0.4, -0.2) is 46.7 Å². The van der Waals surface area contributed by atoms with E-state index in [0.29, 0.717) is 12.0 Å². The Bertz CT molecular complexity index is 613. The average molecular weight is 364 g/mol. The highest BCUT2D eigenvalue weighted by atomic mass is 16.4. The second-order valence-electron chi connectivity index (χ2n) is 6.67. The third-order valence-electron chi connectivity index (χ3n) is 4.05. The van der Waals surface area contributed by atoms with Crippen LogP contribution in [0.5, 0.6) is 0 Å². The van der Waals surface area contributed by atoms with Gasteiger partial charge in [-0.3, -0.25) is 19.7 Å². The summed E-state index contributed by atoms with van der Waals surface area (Å²) in [5.74, 6) is -2.39. The fourth-order valence-corrected chi connectivity index (χ4v) is 2.56. The zero-order valence-electron chi connectivity index (χ0n) is 15.5. The van der Waals surface area contributed by atoms with Gasteiger partial charge in [0.2, 0.25) is 0 Å². The van der Waals surface area contributed by atoms with Crippen molar-refractivity contribution >= 4 is 17.8 Å². The summed E-state index contributed by atoms with van der Waals surface area (Å²) in [5.41, 5.74) is 1.63. The summed E-state index contributed by atoms with van der Waals surface area (Å²) in [6.45, 7) is 5.90. The Morgan fingerprint density at radius 2 is 1.58 bits per heavy atom. The fourth-order valence-electron chi connectivity index (χ4n) is 2.56. The van der Waals surface area contributed by atoms with Crippen LogP contribution in [0.15, 0.2) is 24.3 Å². The molecule has 0 radical (unpaired) electrons. The van der Waals surface area contributed by atoms with Crippen LogP contribution in [0, 0.1) is 5.92 Å². The fraction of sp³-hybridized carbons (Fsp3) is 0.526. The van der Waals surface area contributed by atoms with E-state index in [1.54, 1.807) is 12.1 Å². The summed E-state index contributed by atoms with van der Waals surface area (Å²) in [6.07, 6.45) is 1.31. The van der Waals surface area contributed by atoms with E-state index < -0.39 is 24.0 Å². The van der Waals surface area contributed by atoms with Gasteiger partial charge in [0, 0.05) is 12.1 Å². The first kappa shape index (κ1) is 21.6. The van der Waals surface area contributed by atoms with E-state index >= 15 is 0 Å². The molecule has 0 aromatic heterocycles. The minimum atomic E-state index is -1.14. The normalized spacial score (nSPS) is 13.2. The topological polar surface area (TPSA) is 116 Å². The first-order valence-corrected chi connectivity index (χ1v) is 8.83. The number of benzene rings is 1. The molecule has 2 atom stereocenters. The predicted octanol–water partition coefficient (Wildman–Crippen LogP) is 1.91. The van der Waals surface area contributed by atoms with Gasteiger partial charge < -0.3 is 15.5 Å². The lowest BCUT2D eigenvalue weighted by Gasteiger charge is -2.21. The lowest BCUT2D eigenvalue weighted by molar-refractivity contribution is -0.143. The number of carboxylic acids is 2. The molecule has 1 aromatic rings. The summed E-state index contributed by atoms with van der Waals surface area (Å²) in [6, 6.07) is 5.22. The van der Waals surface area contributed by atoms with Crippen molar-refractivity contribution in [2.45, 2.75) is 52.1 Å². The van der Waals surface area contributed by atoms with Gasteiger partial charge in [0.15, 0.2) is 0 Å². The number of carboxylic acid groups (broad SMARTS) is 2. The average Bonchev–Trinajstić information content (AvgIpc) is 2.59. The Labute approximate surface area is 153 Å². The highest BCUT2D eigenvalue weighted by Crippen LogP contribution is 2.08. The maximum atomic E-state index is 12.1. The van der Waals surface area contributed by atoms with Crippen LogP contribution in [0.4, 0.5) is 0 Å². The minimum Gasteiger partial charge on any atom is -0.480 e. The quantitative estimate of drug-likeness (QED) is 0.477. The molecule has 1 aromatic carbocycles. The SMILES string of the molecule is CCc1ccc(C(=O)NCCC(N[C@@H](CC(C)C)C(=O)O)C(=O)O)cc1. The molecule has 7 nitrogen and oxygen atoms in total. The van der Waals surface area contributed by atoms with Crippen LogP contribution < -0.4 is 10.6 Å². The zero-order chi connectivity index (χ0) is 19.7. The monoisotopic (exact) mass is 364 g/mol. The summed E-state index contributed by atoms with van der Waals surface area (Å²) >= 11 is 0. The van der Waals surface area contributed by atoms with Gasteiger partial charge in [-0.2, -0.15) is 0 Å². The molecule has 1 unspecified atom stereocenters. The smallest absolute Gasteiger partial charge is 0.320 e. The first-order valence-electron chi connectivity index (χ1n) is 8.83. The molecule has 0 saturated carbocycles. The van der Waals surface area contributed by atoms with E-state index in [4.69, 9.17) is 0 Å². The molecule has 7 heteroatoms. The van der Waals surface area contributed by atoms with Gasteiger partial charge >= 0.3 is 11.9 Å². The van der Waals surface area contributed by atoms with Gasteiger partial charge in [-0.05, 0) is 42.9 Å². The van der Waals surface area contributed by atoms with Gasteiger partial charge in [-0.25, -0.2) is 0 Å². The molecule has 0 aliphatic carbocycles. The second kappa shape index (κ2) is 10.6. The highest BCUT2D eigenvalue weighted by Gasteiger charge is 2.26. The van der Waals surface area contributed by atoms with Crippen molar-refractivity contribution in [3.05, 3.63) is 35.4 Å². The van der Waals surface area contributed by atoms with Crippen LogP contribution in [0.25, 0.3) is 0 Å². The molecule has 26 heavy (non-hydrogen) atoms. The van der Waals surface area contributed by atoms with Gasteiger partial charge in [0.05, 0.1) is 0 Å². The van der Waals surface area contributed by atoms with Gasteiger partial charge in [0.1, 0.15) is 12.1 Å². The summed E-state index contributed by atoms with van der Waals surface area (Å²) in [7, 11) is 0. The number of hydrogen-bond acceptors (Lipinski definition) is 4. The van der Waals surface area contributed by atoms with Gasteiger partial charge in [-0.1, -0.05) is 32.9 Å². The molecule has 0 bridgehead atoms. The molecule has 0 spiro atoms. The van der Waals surface area contributed by atoms with E-state index in [0.717, 1.165) is 12.0 Å². The Morgan fingerprint density at radius 3 is 2.04 bits per heavy atom. The molecule has 0 aliphatic heterocycles. The van der Waals surface area contributed by atoms with Crippen molar-refractivity contribution in [3.63, 3.8) is 0 Å². The van der Waals surface area contributed by atoms with E-state index in [1.807, 2.05) is 32.9 Å². The number of carbonyl (C=O) groups is 3. The summed E-state index contributed by atoms with van der Waals surface area (Å²) in [4.78, 5) is 34.8. The number of amides is 1. The van der Waals surface area contributed by atoms with Gasteiger partial charge in [0.25, 0.3) is 5.91 Å². The Balaban J connectivity index is 2.58. The van der Waals surface area contributed by atoms with Crippen molar-refractivity contribution < 1.29 is 24.6 Å². The molecule has 0 saturated heterocycles. The molecule has 4 N–H and O–H groups in total. The van der Waals surface area contributed by atoms with Crippen LogP contribution in [0.2, 0.25) is 0 Å². The van der Waals surface area contributed by atoms with E-state index in [-0.39, 0.29) is 24.8 Å². The molecular weight excluding hydrogens is 336 g/mol. The van der Waals surface area contributed by atoms with Crippen LogP contribution in [-0.2, 0) is 16.0 Å². The lowest BCUT2D eigenvalue weighted by Crippen LogP contribution is -2.49. The number of carbonyl (C=O) groups excluding carboxylic acids is 1. The molecular formula is C19H28N2O5. The van der Waals surface area contributed by atoms with Crippen molar-refractivity contribution in [2.75, 3.05) is 6.54 Å². The Hall–Kier alpha value is -2.41. The molecule has 1 rings (SSSR count). The molecule has 1 amide bonds. The highest BCUT2D eigenvalue weighted by molar-refractivity contribution is 5.94. The van der Waals surface area contributed by atoms with Crippen molar-refractivity contribution in [1.29, 1.82) is 0 Å². The van der Waals surface area contributed by atoms with Crippen LogP contribution >= 0.6 is 0 Å². The van der Waals surface area contributed by atoms with Crippen LogP contribution in [0.1, 0.15) is 49.5 Å². The van der Waals surface area contributed by atoms with Crippen molar-refractivity contribution in [1.82, 2.24) is 10.6 Å². The standard InChI is InChI=1S/C19H28N2O5/c1-4-13-5-7-14(8-6-13)17(22)20-10-9-15(18(23)24)21-16(19(25)26)11-12(2)3/h5-8,12,15-16,21H,4,9-11H2,1-3H3,(H,20,22)(H,23,24)(H,25,26)/t15?,16-/m0/s1. The van der Waals surface area contributed by atoms with E-state index in [2.05, 4.69) is 10.6 Å². The first-order chi connectivity index (χ1) is 12.2. The maximum absolute atomic E-state index is 12.1. The second-order valence-corrected chi connectivity index (χ2v) is 6.67. The number of nitrogens with one attached hydrogen (secondary N) is 2. The summed E-state index contributed by atoms with van der Waals surface area (Å²) < 4.78 is 0. The Morgan fingerprint density at radius 1 is 1.00 bits per heavy atom. The third kappa shape index (κ3) is 7.23. The summed E-state index contributed by atoms with van der Waals surface area (Å²) in [5, 5.41) is 23.9. The maximum Gasteiger partial charge on any atom is 0.320 e. The van der Waals surface area contributed by atoms with Crippen molar-refractivity contribution in [2.24, 2.45) is 5.92 Å². The van der Waals surface area contributed by atoms with Crippen LogP contribution in [0.3, 0.4) is 0 Å². The zero-order valence-corrected chi connectivity index (χ0v) is 15.5. The molecule has 144 valence electrons. The molecule has 0 heterocycles. The van der Waals surface area contributed by atoms with Crippen molar-refractivity contribution in [3.8, 4) is 0 Å². The number of aliphatic carboxylic acids is 2. The third-order valence-corrected chi connectivity index (χ3v) is 4.05. The Kier molecular flexibility index (Phi) is 8.78. The number of rotatable bonds is 11. The number of aryl methyl sites for hydroxylation is 1. The predicted molar refractivity (Wildman–Crippen MR) is 98.2 cm³/mol.